The highest BCUT2D eigenvalue weighted by Gasteiger charge is 2.48. The van der Waals surface area contributed by atoms with E-state index in [1.807, 2.05) is 6.92 Å². The lowest BCUT2D eigenvalue weighted by atomic mass is 9.65. The van der Waals surface area contributed by atoms with E-state index >= 15 is 0 Å². The largest absolute Gasteiger partial charge is 0.392 e. The van der Waals surface area contributed by atoms with Crippen molar-refractivity contribution in [3.05, 3.63) is 0 Å². The minimum Gasteiger partial charge on any atom is -0.392 e. The van der Waals surface area contributed by atoms with Crippen molar-refractivity contribution in [3.63, 3.8) is 0 Å². The second kappa shape index (κ2) is 15.9. The number of rotatable bonds is 16. The fourth-order valence-electron chi connectivity index (χ4n) is 4.01. The van der Waals surface area contributed by atoms with Crippen molar-refractivity contribution in [2.24, 2.45) is 27.8 Å². The van der Waals surface area contributed by atoms with Crippen LogP contribution in [0.5, 0.6) is 0 Å². The molecule has 0 rings (SSSR count). The van der Waals surface area contributed by atoms with E-state index in [9.17, 15) is 19.5 Å². The molecule has 10 nitrogen and oxygen atoms in total. The van der Waals surface area contributed by atoms with E-state index in [2.05, 4.69) is 48.7 Å². The summed E-state index contributed by atoms with van der Waals surface area (Å²) in [5, 5.41) is 14.8. The number of hydrazone groups is 1. The zero-order valence-electron chi connectivity index (χ0n) is 22.1. The minimum atomic E-state index is -1.18. The molecule has 5 unspecified atom stereocenters. The maximum absolute atomic E-state index is 13.5. The van der Waals surface area contributed by atoms with Crippen LogP contribution in [0.1, 0.15) is 73.6 Å². The number of aliphatic hydroxyl groups excluding tert-OH is 1. The third-order valence-corrected chi connectivity index (χ3v) is 10.4. The van der Waals surface area contributed by atoms with Crippen molar-refractivity contribution < 1.29 is 24.6 Å². The van der Waals surface area contributed by atoms with Crippen molar-refractivity contribution in [2.45, 2.75) is 79.8 Å². The molecule has 9 N–H and O–H groups in total. The highest BCUT2D eigenvalue weighted by Crippen LogP contribution is 2.46. The van der Waals surface area contributed by atoms with E-state index in [-0.39, 0.29) is 35.5 Å². The van der Waals surface area contributed by atoms with Gasteiger partial charge in [0.05, 0.1) is 12.5 Å². The second-order valence-corrected chi connectivity index (χ2v) is 15.5. The molecule has 0 aliphatic carbocycles. The fraction of sp³-hybridized carbons (Fsp3) is 0.810. The van der Waals surface area contributed by atoms with Crippen LogP contribution in [0.15, 0.2) is 0 Å². The molecule has 36 heavy (non-hydrogen) atoms. The lowest BCUT2D eigenvalue weighted by molar-refractivity contribution is -0.499. The predicted octanol–water partition coefficient (Wildman–Crippen LogP) is 0.0635. The van der Waals surface area contributed by atoms with E-state index in [0.29, 0.717) is 24.4 Å². The molecule has 0 aromatic rings. The van der Waals surface area contributed by atoms with Crippen molar-refractivity contribution in [1.82, 2.24) is 15.0 Å². The molecule has 5 atom stereocenters. The number of carbonyl (C=O) groups is 3. The number of thiol groups is 1. The summed E-state index contributed by atoms with van der Waals surface area (Å²) < 4.78 is 0. The first-order valence-electron chi connectivity index (χ1n) is 11.7. The zero-order chi connectivity index (χ0) is 28.3. The first kappa shape index (κ1) is 35.6. The van der Waals surface area contributed by atoms with Gasteiger partial charge in [0.1, 0.15) is 0 Å². The normalized spacial score (nSPS) is 18.3. The number of aliphatic hydroxyl groups is 1. The Morgan fingerprint density at radius 3 is 2.14 bits per heavy atom. The number of hydrogen-bond donors (Lipinski definition) is 8. The van der Waals surface area contributed by atoms with E-state index in [1.54, 1.807) is 34.6 Å². The smallest absolute Gasteiger partial charge is 0.264 e. The molecule has 15 heteroatoms. The van der Waals surface area contributed by atoms with Gasteiger partial charge in [-0.05, 0) is 48.6 Å². The fourth-order valence-corrected chi connectivity index (χ4v) is 7.58. The van der Waals surface area contributed by atoms with Crippen LogP contribution in [0.4, 0.5) is 0 Å². The van der Waals surface area contributed by atoms with E-state index in [4.69, 9.17) is 11.6 Å². The monoisotopic (exact) mass is 603 g/mol. The van der Waals surface area contributed by atoms with Gasteiger partial charge in [0.25, 0.3) is 5.84 Å². The highest BCUT2D eigenvalue weighted by molar-refractivity contribution is 8.25. The van der Waals surface area contributed by atoms with E-state index in [1.165, 1.54) is 0 Å². The van der Waals surface area contributed by atoms with Crippen LogP contribution >= 0.6 is 28.7 Å². The summed E-state index contributed by atoms with van der Waals surface area (Å²) in [6, 6.07) is 0. The predicted molar refractivity (Wildman–Crippen MR) is 159 cm³/mol. The lowest BCUT2D eigenvalue weighted by Crippen LogP contribution is -2.85. The summed E-state index contributed by atoms with van der Waals surface area (Å²) in [5.41, 5.74) is 2.95. The number of amides is 1. The van der Waals surface area contributed by atoms with Crippen molar-refractivity contribution >= 4 is 71.2 Å². The Bertz CT molecular complexity index is 875. The number of hydrogen-bond acceptors (Lipinski definition) is 6. The number of hydrazine groups is 2. The average Bonchev–Trinajstić information content (AvgIpc) is 2.82. The summed E-state index contributed by atoms with van der Waals surface area (Å²) in [6.07, 6.45) is 1.51. The first-order chi connectivity index (χ1) is 16.5. The van der Waals surface area contributed by atoms with Crippen LogP contribution in [0, 0.1) is 16.2 Å². The Balaban J connectivity index is 6.03. The van der Waals surface area contributed by atoms with E-state index in [0.717, 1.165) is 6.42 Å². The maximum atomic E-state index is 13.5. The Kier molecular flexibility index (Phi) is 15.7. The first-order valence-corrected chi connectivity index (χ1v) is 17.2. The molecule has 0 aliphatic rings. The SMILES string of the molecule is CCC(C)(CC(C)(CC(C)(C)C(=O)S(=P)N/[NH+]=C(\N)CCCS)C(=O)S(=P)NN)C(=O)NCC(C)O. The van der Waals surface area contributed by atoms with Crippen LogP contribution in [0.2, 0.25) is 0 Å². The second-order valence-electron chi connectivity index (χ2n) is 10.2. The van der Waals surface area contributed by atoms with Gasteiger partial charge in [0, 0.05) is 33.0 Å². The number of amidine groups is 1. The van der Waals surface area contributed by atoms with Gasteiger partial charge in [-0.25, -0.2) is 4.83 Å². The molecule has 0 fully saturated rings. The van der Waals surface area contributed by atoms with Gasteiger partial charge in [-0.2, -0.15) is 22.6 Å². The molecule has 0 saturated heterocycles. The molecule has 0 spiro atoms. The van der Waals surface area contributed by atoms with Gasteiger partial charge in [-0.1, -0.05) is 50.6 Å². The van der Waals surface area contributed by atoms with E-state index < -0.39 is 42.9 Å². The minimum absolute atomic E-state index is 0.106. The van der Waals surface area contributed by atoms with Gasteiger partial charge in [0.15, 0.2) is 0 Å². The third-order valence-electron chi connectivity index (χ3n) is 5.95. The molecular formula is C21H45N6O4P2S3+. The van der Waals surface area contributed by atoms with Gasteiger partial charge in [-0.3, -0.25) is 26.0 Å². The van der Waals surface area contributed by atoms with Crippen molar-refractivity contribution in [3.8, 4) is 0 Å². The zero-order valence-corrected chi connectivity index (χ0v) is 26.6. The Hall–Kier alpha value is -0.390. The number of carbonyl (C=O) groups excluding carboxylic acids is 3. The van der Waals surface area contributed by atoms with Gasteiger partial charge < -0.3 is 10.4 Å². The maximum Gasteiger partial charge on any atom is 0.264 e. The summed E-state index contributed by atoms with van der Waals surface area (Å²) in [6.45, 7) is 10.7. The molecule has 0 radical (unpaired) electrons. The lowest BCUT2D eigenvalue weighted by Gasteiger charge is -2.41. The standard InChI is InChI=1S/C21H44N6O4P2S3/c1-7-20(5,16(29)24-11-14(2)28)13-21(6,18(31)35(32)26-23)12-19(3,4)17(30)36(33)27-25-15(22)9-8-10-34/h14,26-28,32-34H,7-13,23H2,1-6H3,(H2,22,25)(H,24,29)/p+1. The molecule has 0 aromatic heterocycles. The highest BCUT2D eigenvalue weighted by atomic mass is 32.5. The summed E-state index contributed by atoms with van der Waals surface area (Å²) in [5.74, 6) is 6.48. The molecule has 0 heterocycles. The molecule has 210 valence electrons. The average molecular weight is 604 g/mol. The molecule has 0 saturated carbocycles. The Morgan fingerprint density at radius 1 is 1.08 bits per heavy atom. The van der Waals surface area contributed by atoms with Crippen LogP contribution in [0.3, 0.4) is 0 Å². The number of nitrogens with one attached hydrogen (secondary N) is 4. The van der Waals surface area contributed by atoms with Crippen LogP contribution in [-0.2, 0) is 34.9 Å². The summed E-state index contributed by atoms with van der Waals surface area (Å²) in [4.78, 5) is 45.4. The summed E-state index contributed by atoms with van der Waals surface area (Å²) >= 11 is 4.16. The number of nitrogens with two attached hydrogens (primary N) is 2. The molecule has 0 bridgehead atoms. The molecule has 1 amide bonds. The summed E-state index contributed by atoms with van der Waals surface area (Å²) in [7, 11) is 4.55. The molecule has 0 aliphatic heterocycles. The Morgan fingerprint density at radius 2 is 1.67 bits per heavy atom. The Labute approximate surface area is 230 Å². The molecular weight excluding hydrogens is 558 g/mol. The topological polar surface area (TPSA) is 174 Å². The third kappa shape index (κ3) is 11.2. The van der Waals surface area contributed by atoms with Gasteiger partial charge >= 0.3 is 0 Å². The van der Waals surface area contributed by atoms with Crippen molar-refractivity contribution in [1.29, 1.82) is 0 Å². The molecule has 0 aromatic carbocycles. The van der Waals surface area contributed by atoms with Crippen LogP contribution < -0.4 is 31.7 Å². The van der Waals surface area contributed by atoms with Gasteiger partial charge in [0.2, 0.25) is 16.1 Å². The van der Waals surface area contributed by atoms with Crippen molar-refractivity contribution in [2.75, 3.05) is 12.3 Å². The van der Waals surface area contributed by atoms with Crippen LogP contribution in [0.25, 0.3) is 0 Å². The quantitative estimate of drug-likeness (QED) is 0.0306. The van der Waals surface area contributed by atoms with Crippen LogP contribution in [-0.4, -0.2) is 45.5 Å². The van der Waals surface area contributed by atoms with Gasteiger partial charge in [-0.15, -0.1) is 0 Å².